The number of benzene rings is 2. The number of hydrogen-bond donors (Lipinski definition) is 1. The lowest BCUT2D eigenvalue weighted by Crippen LogP contribution is -2.39. The molecule has 6 rings (SSSR count). The Hall–Kier alpha value is -3.06. The van der Waals surface area contributed by atoms with E-state index in [-0.39, 0.29) is 5.82 Å². The van der Waals surface area contributed by atoms with Crippen molar-refractivity contribution in [1.29, 1.82) is 0 Å². The Morgan fingerprint density at radius 3 is 2.57 bits per heavy atom. The normalized spacial score (nSPS) is 24.0. The fraction of sp³-hybridized carbons (Fsp3) is 0.348. The zero-order chi connectivity index (χ0) is 20.2. The van der Waals surface area contributed by atoms with Crippen LogP contribution in [0.4, 0.5) is 4.39 Å². The second-order valence-corrected chi connectivity index (χ2v) is 8.62. The highest BCUT2D eigenvalue weighted by atomic mass is 19.1. The molecule has 0 spiro atoms. The van der Waals surface area contributed by atoms with Gasteiger partial charge in [0.2, 0.25) is 0 Å². The fourth-order valence-corrected chi connectivity index (χ4v) is 5.27. The Bertz CT molecular complexity index is 1200. The van der Waals surface area contributed by atoms with Crippen molar-refractivity contribution in [2.45, 2.75) is 43.7 Å². The minimum Gasteiger partial charge on any atom is -0.300 e. The molecular weight excluding hydrogens is 379 g/mol. The fourth-order valence-electron chi connectivity index (χ4n) is 5.27. The topological polar surface area (TPSA) is 62.6 Å². The van der Waals surface area contributed by atoms with Crippen LogP contribution in [-0.4, -0.2) is 49.2 Å². The third-order valence-electron chi connectivity index (χ3n) is 6.99. The summed E-state index contributed by atoms with van der Waals surface area (Å²) in [4.78, 5) is 2.58. The van der Waals surface area contributed by atoms with E-state index in [9.17, 15) is 4.39 Å². The van der Waals surface area contributed by atoms with E-state index in [4.69, 9.17) is 0 Å². The minimum absolute atomic E-state index is 0.293. The van der Waals surface area contributed by atoms with Crippen molar-refractivity contribution in [1.82, 2.24) is 30.1 Å². The van der Waals surface area contributed by atoms with E-state index >= 15 is 0 Å². The average Bonchev–Trinajstić information content (AvgIpc) is 3.44. The lowest BCUT2D eigenvalue weighted by molar-refractivity contribution is 0.161. The van der Waals surface area contributed by atoms with Gasteiger partial charge in [-0.05, 0) is 74.5 Å². The van der Waals surface area contributed by atoms with Crippen molar-refractivity contribution in [3.8, 4) is 17.1 Å². The summed E-state index contributed by atoms with van der Waals surface area (Å²) < 4.78 is 15.2. The van der Waals surface area contributed by atoms with E-state index < -0.39 is 0 Å². The van der Waals surface area contributed by atoms with Crippen LogP contribution in [0.25, 0.3) is 28.0 Å². The van der Waals surface area contributed by atoms with Gasteiger partial charge in [-0.25, -0.2) is 9.07 Å². The van der Waals surface area contributed by atoms with Gasteiger partial charge < -0.3 is 4.90 Å². The summed E-state index contributed by atoms with van der Waals surface area (Å²) in [5.74, 6) is 0.355. The summed E-state index contributed by atoms with van der Waals surface area (Å²) >= 11 is 0. The van der Waals surface area contributed by atoms with Crippen LogP contribution in [0.1, 0.15) is 37.2 Å². The summed E-state index contributed by atoms with van der Waals surface area (Å²) in [6.45, 7) is 0. The van der Waals surface area contributed by atoms with Crippen LogP contribution in [-0.2, 0) is 0 Å². The first-order valence-electron chi connectivity index (χ1n) is 10.5. The quantitative estimate of drug-likeness (QED) is 0.555. The van der Waals surface area contributed by atoms with Crippen molar-refractivity contribution in [3.63, 3.8) is 0 Å². The van der Waals surface area contributed by atoms with Crippen molar-refractivity contribution in [3.05, 3.63) is 60.0 Å². The van der Waals surface area contributed by atoms with Gasteiger partial charge in [0.25, 0.3) is 0 Å². The molecule has 0 aliphatic carbocycles. The van der Waals surface area contributed by atoms with E-state index in [0.717, 1.165) is 23.2 Å². The Labute approximate surface area is 173 Å². The number of nitrogens with one attached hydrogen (secondary N) is 1. The maximum atomic E-state index is 13.4. The number of aromatic nitrogens is 5. The van der Waals surface area contributed by atoms with Crippen molar-refractivity contribution >= 4 is 10.9 Å². The number of fused-ring (bicyclic) bond motifs is 3. The molecule has 152 valence electrons. The highest BCUT2D eigenvalue weighted by molar-refractivity contribution is 5.91. The SMILES string of the molecule is CN1[C@@H]2CC[C@H]1C[C@@H](c1ccc(-n3cc(-c4n[nH]c5cc(F)ccc45)nn3)cc1)C2. The Kier molecular flexibility index (Phi) is 3.99. The zero-order valence-corrected chi connectivity index (χ0v) is 16.8. The predicted octanol–water partition coefficient (Wildman–Crippen LogP) is 4.29. The number of aromatic amines is 1. The Morgan fingerprint density at radius 1 is 1.03 bits per heavy atom. The van der Waals surface area contributed by atoms with Crippen LogP contribution in [0, 0.1) is 5.82 Å². The lowest BCUT2D eigenvalue weighted by Gasteiger charge is -2.36. The van der Waals surface area contributed by atoms with Gasteiger partial charge in [-0.1, -0.05) is 17.3 Å². The molecule has 4 aromatic rings. The summed E-state index contributed by atoms with van der Waals surface area (Å²) in [5, 5.41) is 16.6. The third-order valence-corrected chi connectivity index (χ3v) is 6.99. The van der Waals surface area contributed by atoms with Gasteiger partial charge in [-0.15, -0.1) is 5.10 Å². The van der Waals surface area contributed by atoms with Gasteiger partial charge in [0, 0.05) is 17.5 Å². The molecule has 6 nitrogen and oxygen atoms in total. The Morgan fingerprint density at radius 2 is 1.80 bits per heavy atom. The molecule has 1 N–H and O–H groups in total. The third kappa shape index (κ3) is 2.84. The molecule has 0 unspecified atom stereocenters. The molecule has 30 heavy (non-hydrogen) atoms. The number of nitrogens with zero attached hydrogens (tertiary/aromatic N) is 5. The van der Waals surface area contributed by atoms with Crippen LogP contribution in [0.15, 0.2) is 48.7 Å². The van der Waals surface area contributed by atoms with Crippen molar-refractivity contribution in [2.24, 2.45) is 0 Å². The standard InChI is InChI=1S/C23H23FN6/c1-29-18-7-8-19(29)11-15(10-18)14-2-5-17(6-3-14)30-13-22(26-28-30)23-20-9-4-16(24)12-21(20)25-27-23/h2-6,9,12-13,15,18-19H,7-8,10-11H2,1H3,(H,25,27)/t15-,18+,19-. The van der Waals surface area contributed by atoms with Crippen LogP contribution < -0.4 is 0 Å². The molecule has 7 heteroatoms. The van der Waals surface area contributed by atoms with E-state index in [1.807, 2.05) is 6.20 Å². The molecule has 4 heterocycles. The van der Waals surface area contributed by atoms with E-state index in [2.05, 4.69) is 56.7 Å². The number of rotatable bonds is 3. The molecule has 2 fully saturated rings. The van der Waals surface area contributed by atoms with Gasteiger partial charge in [0.05, 0.1) is 17.4 Å². The van der Waals surface area contributed by atoms with E-state index in [1.165, 1.54) is 43.4 Å². The average molecular weight is 402 g/mol. The highest BCUT2D eigenvalue weighted by Crippen LogP contribution is 2.42. The molecule has 2 aliphatic rings. The van der Waals surface area contributed by atoms with Gasteiger partial charge in [0.15, 0.2) is 0 Å². The second kappa shape index (κ2) is 6.74. The zero-order valence-electron chi connectivity index (χ0n) is 16.8. The number of H-pyrrole nitrogens is 1. The predicted molar refractivity (Wildman–Crippen MR) is 113 cm³/mol. The molecule has 0 saturated carbocycles. The van der Waals surface area contributed by atoms with Gasteiger partial charge in [-0.2, -0.15) is 5.10 Å². The second-order valence-electron chi connectivity index (χ2n) is 8.62. The molecule has 2 saturated heterocycles. The molecular formula is C23H23FN6. The molecule has 2 aromatic carbocycles. The number of halogens is 1. The Balaban J connectivity index is 1.25. The van der Waals surface area contributed by atoms with Crippen molar-refractivity contribution in [2.75, 3.05) is 7.05 Å². The number of hydrogen-bond acceptors (Lipinski definition) is 4. The van der Waals surface area contributed by atoms with Crippen LogP contribution >= 0.6 is 0 Å². The molecule has 0 amide bonds. The highest BCUT2D eigenvalue weighted by Gasteiger charge is 2.38. The lowest BCUT2D eigenvalue weighted by atomic mass is 9.85. The maximum Gasteiger partial charge on any atom is 0.134 e. The molecule has 0 radical (unpaired) electrons. The van der Waals surface area contributed by atoms with Gasteiger partial charge >= 0.3 is 0 Å². The van der Waals surface area contributed by atoms with Crippen LogP contribution in [0.2, 0.25) is 0 Å². The van der Waals surface area contributed by atoms with Crippen LogP contribution in [0.5, 0.6) is 0 Å². The van der Waals surface area contributed by atoms with Gasteiger partial charge in [0.1, 0.15) is 17.2 Å². The molecule has 3 atom stereocenters. The van der Waals surface area contributed by atoms with Crippen molar-refractivity contribution < 1.29 is 4.39 Å². The smallest absolute Gasteiger partial charge is 0.134 e. The molecule has 2 aromatic heterocycles. The van der Waals surface area contributed by atoms with Crippen LogP contribution in [0.3, 0.4) is 0 Å². The largest absolute Gasteiger partial charge is 0.300 e. The molecule has 2 bridgehead atoms. The summed E-state index contributed by atoms with van der Waals surface area (Å²) in [6.07, 6.45) is 7.06. The first-order chi connectivity index (χ1) is 14.7. The van der Waals surface area contributed by atoms with Gasteiger partial charge in [-0.3, -0.25) is 5.10 Å². The summed E-state index contributed by atoms with van der Waals surface area (Å²) in [6, 6.07) is 14.8. The monoisotopic (exact) mass is 402 g/mol. The molecule has 2 aliphatic heterocycles. The summed E-state index contributed by atoms with van der Waals surface area (Å²) in [7, 11) is 2.28. The van der Waals surface area contributed by atoms with E-state index in [0.29, 0.717) is 22.8 Å². The summed E-state index contributed by atoms with van der Waals surface area (Å²) in [5.41, 5.74) is 4.37. The first kappa shape index (κ1) is 17.8. The maximum absolute atomic E-state index is 13.4. The number of piperidine rings is 1. The first-order valence-corrected chi connectivity index (χ1v) is 10.5. The van der Waals surface area contributed by atoms with E-state index in [1.54, 1.807) is 10.7 Å². The minimum atomic E-state index is -0.293.